The lowest BCUT2D eigenvalue weighted by Gasteiger charge is -2.62. The summed E-state index contributed by atoms with van der Waals surface area (Å²) in [7, 11) is 0. The van der Waals surface area contributed by atoms with Gasteiger partial charge in [-0.3, -0.25) is 4.79 Å². The number of phenols is 2. The largest absolute Gasteiger partial charge is 0.508 e. The Balaban J connectivity index is 1.22. The quantitative estimate of drug-likeness (QED) is 0.151. The molecule has 5 fully saturated rings. The van der Waals surface area contributed by atoms with Crippen molar-refractivity contribution in [3.05, 3.63) is 47.6 Å². The third-order valence-corrected chi connectivity index (χ3v) is 16.3. The Morgan fingerprint density at radius 2 is 1.68 bits per heavy atom. The highest BCUT2D eigenvalue weighted by atomic mass is 16.6. The maximum absolute atomic E-state index is 14.7. The van der Waals surface area contributed by atoms with Crippen molar-refractivity contribution in [2.45, 2.75) is 126 Å². The molecule has 1 spiro atoms. The summed E-state index contributed by atoms with van der Waals surface area (Å²) in [5.74, 6) is -3.78. The molecule has 1 aliphatic heterocycles. The number of benzene rings is 1. The number of hydrogen-bond acceptors (Lipinski definition) is 11. The Morgan fingerprint density at radius 1 is 0.962 bits per heavy atom. The van der Waals surface area contributed by atoms with Crippen LogP contribution >= 0.6 is 0 Å². The normalized spacial score (nSPS) is 51.1. The van der Waals surface area contributed by atoms with Gasteiger partial charge in [0.2, 0.25) is 0 Å². The molecule has 9 rings (SSSR count). The highest BCUT2D eigenvalue weighted by Gasteiger charge is 2.81. The van der Waals surface area contributed by atoms with E-state index in [4.69, 9.17) is 9.47 Å². The standard InChI is InChI=1S/C42H58O11/c1-22-36(49)42(24-6-9-37(22,2)10-7-24)40(50,12-14-44)35-31(53-42)21-41(51)28-19-29(47)33-32(23-16-25(45)18-26(46)17-23)34(48)30(52-15-5-13-43)20-38(33,3)27(28)8-11-39(35,41)4/h6,9,16-19,22,24,27,30-36,43-46,48-51H,5,7-8,10-15,20-21H2,1-4H3/t22-,24-,27+,30-,31-,32-,33-,34-,35+,36-,37-,38+,39+,40+,41-,42-/m0/s1. The van der Waals surface area contributed by atoms with Crippen LogP contribution in [0.1, 0.15) is 90.5 Å². The Kier molecular flexibility index (Phi) is 8.74. The molecular formula is C42H58O11. The molecular weight excluding hydrogens is 680 g/mol. The minimum Gasteiger partial charge on any atom is -0.508 e. The fourth-order valence-electron chi connectivity index (χ4n) is 13.7. The molecule has 0 unspecified atom stereocenters. The van der Waals surface area contributed by atoms with Crippen LogP contribution < -0.4 is 0 Å². The fourth-order valence-corrected chi connectivity index (χ4v) is 13.7. The van der Waals surface area contributed by atoms with Crippen molar-refractivity contribution in [3.8, 4) is 11.5 Å². The lowest BCUT2D eigenvalue weighted by Crippen LogP contribution is -2.69. The fraction of sp³-hybridized carbons (Fsp3) is 0.738. The Bertz CT molecular complexity index is 1690. The molecule has 0 amide bonds. The Morgan fingerprint density at radius 3 is 2.32 bits per heavy atom. The molecule has 16 atom stereocenters. The first-order valence-electron chi connectivity index (χ1n) is 19.8. The first kappa shape index (κ1) is 37.6. The van der Waals surface area contributed by atoms with E-state index in [2.05, 4.69) is 19.1 Å². The second-order valence-electron chi connectivity index (χ2n) is 18.6. The topological polar surface area (TPSA) is 197 Å². The summed E-state index contributed by atoms with van der Waals surface area (Å²) in [6.45, 7) is 7.90. The third-order valence-electron chi connectivity index (χ3n) is 16.3. The van der Waals surface area contributed by atoms with Crippen LogP contribution in [0, 0.1) is 45.8 Å². The van der Waals surface area contributed by atoms with Crippen LogP contribution in [-0.4, -0.2) is 108 Å². The average Bonchev–Trinajstić information content (AvgIpc) is 3.43. The third kappa shape index (κ3) is 4.78. The van der Waals surface area contributed by atoms with Gasteiger partial charge in [-0.1, -0.05) is 39.8 Å². The summed E-state index contributed by atoms with van der Waals surface area (Å²) in [5.41, 5.74) is -5.75. The van der Waals surface area contributed by atoms with Gasteiger partial charge in [-0.15, -0.1) is 0 Å². The number of aliphatic hydroxyl groups is 6. The predicted octanol–water partition coefficient (Wildman–Crippen LogP) is 3.25. The SMILES string of the molecule is C[C@H]1[C@H](O)[C@@]2(O[C@H]3C[C@]4(O)C5=CC(=O)[C@H]6[C@H](c7cc(O)cc(O)c7)[C@@H](O)[C@@H](OCCCO)C[C@]6(C)[C@@H]5CC[C@]4(C)[C@@H]3[C@]2(O)CCO)[C@H]2C=C[C@@]1(C)CC2. The van der Waals surface area contributed by atoms with Gasteiger partial charge >= 0.3 is 0 Å². The number of allylic oxidation sites excluding steroid dienone is 2. The zero-order valence-electron chi connectivity index (χ0n) is 31.3. The van der Waals surface area contributed by atoms with Crippen LogP contribution in [0.15, 0.2) is 42.0 Å². The van der Waals surface area contributed by atoms with E-state index in [9.17, 15) is 45.6 Å². The van der Waals surface area contributed by atoms with Crippen LogP contribution in [0.25, 0.3) is 0 Å². The molecule has 292 valence electrons. The molecule has 1 saturated heterocycles. The number of ether oxygens (including phenoxy) is 2. The predicted molar refractivity (Wildman–Crippen MR) is 193 cm³/mol. The van der Waals surface area contributed by atoms with Crippen LogP contribution in [0.4, 0.5) is 0 Å². The van der Waals surface area contributed by atoms with Gasteiger partial charge in [0.05, 0.1) is 30.0 Å². The number of carbonyl (C=O) groups excluding carboxylic acids is 1. The van der Waals surface area contributed by atoms with Gasteiger partial charge in [-0.2, -0.15) is 0 Å². The molecule has 11 nitrogen and oxygen atoms in total. The van der Waals surface area contributed by atoms with Crippen molar-refractivity contribution in [2.75, 3.05) is 19.8 Å². The van der Waals surface area contributed by atoms with Gasteiger partial charge < -0.3 is 50.3 Å². The van der Waals surface area contributed by atoms with Gasteiger partial charge in [-0.05, 0) is 90.5 Å². The Labute approximate surface area is 311 Å². The molecule has 0 radical (unpaired) electrons. The summed E-state index contributed by atoms with van der Waals surface area (Å²) < 4.78 is 13.3. The van der Waals surface area contributed by atoms with Gasteiger partial charge in [0.15, 0.2) is 5.78 Å². The van der Waals surface area contributed by atoms with E-state index in [1.54, 1.807) is 6.08 Å². The molecule has 8 N–H and O–H groups in total. The van der Waals surface area contributed by atoms with Crippen molar-refractivity contribution in [3.63, 3.8) is 0 Å². The maximum atomic E-state index is 14.7. The molecule has 1 aromatic rings. The van der Waals surface area contributed by atoms with Gasteiger partial charge in [0.25, 0.3) is 0 Å². The van der Waals surface area contributed by atoms with Gasteiger partial charge in [-0.25, -0.2) is 0 Å². The summed E-state index contributed by atoms with van der Waals surface area (Å²) in [4.78, 5) is 14.7. The smallest absolute Gasteiger partial charge is 0.160 e. The first-order chi connectivity index (χ1) is 25.0. The zero-order chi connectivity index (χ0) is 38.1. The number of phenolic OH excluding ortho intramolecular Hbond substituents is 2. The number of aliphatic hydroxyl groups excluding tert-OH is 4. The van der Waals surface area contributed by atoms with Crippen LogP contribution in [0.5, 0.6) is 11.5 Å². The zero-order valence-corrected chi connectivity index (χ0v) is 31.3. The molecule has 1 heterocycles. The second-order valence-corrected chi connectivity index (χ2v) is 18.6. The van der Waals surface area contributed by atoms with E-state index in [0.717, 1.165) is 12.8 Å². The molecule has 4 saturated carbocycles. The van der Waals surface area contributed by atoms with Crippen LogP contribution in [0.2, 0.25) is 0 Å². The lowest BCUT2D eigenvalue weighted by molar-refractivity contribution is -0.244. The number of ketones is 1. The van der Waals surface area contributed by atoms with Crippen LogP contribution in [-0.2, 0) is 14.3 Å². The number of aromatic hydroxyl groups is 2. The monoisotopic (exact) mass is 738 g/mol. The summed E-state index contributed by atoms with van der Waals surface area (Å²) in [5, 5.41) is 91.6. The van der Waals surface area contributed by atoms with Gasteiger partial charge in [0.1, 0.15) is 22.7 Å². The number of rotatable bonds is 7. The number of hydrogen-bond donors (Lipinski definition) is 8. The molecule has 0 aromatic heterocycles. The number of carbonyl (C=O) groups is 1. The summed E-state index contributed by atoms with van der Waals surface area (Å²) in [6.07, 6.45) is 5.53. The highest BCUT2D eigenvalue weighted by Crippen LogP contribution is 2.75. The van der Waals surface area contributed by atoms with Gasteiger partial charge in [0, 0.05) is 67.8 Å². The van der Waals surface area contributed by atoms with Crippen molar-refractivity contribution >= 4 is 5.78 Å². The van der Waals surface area contributed by atoms with E-state index in [0.29, 0.717) is 36.8 Å². The second kappa shape index (κ2) is 12.3. The molecule has 7 aliphatic carbocycles. The minimum absolute atomic E-state index is 0.0327. The number of fused-ring (bicyclic) bond motifs is 9. The molecule has 1 aromatic carbocycles. The first-order valence-corrected chi connectivity index (χ1v) is 19.8. The summed E-state index contributed by atoms with van der Waals surface area (Å²) >= 11 is 0. The van der Waals surface area contributed by atoms with E-state index >= 15 is 0 Å². The molecule has 8 aliphatic rings. The molecule has 53 heavy (non-hydrogen) atoms. The average molecular weight is 739 g/mol. The minimum atomic E-state index is -1.69. The molecule has 2 bridgehead atoms. The van der Waals surface area contributed by atoms with Crippen LogP contribution in [0.3, 0.4) is 0 Å². The van der Waals surface area contributed by atoms with Crippen molar-refractivity contribution in [1.29, 1.82) is 0 Å². The highest BCUT2D eigenvalue weighted by molar-refractivity contribution is 5.96. The molecule has 11 heteroatoms. The summed E-state index contributed by atoms with van der Waals surface area (Å²) in [6, 6.07) is 4.11. The van der Waals surface area contributed by atoms with E-state index in [1.807, 2.05) is 20.8 Å². The van der Waals surface area contributed by atoms with Crippen molar-refractivity contribution < 1.29 is 55.1 Å². The van der Waals surface area contributed by atoms with Crippen molar-refractivity contribution in [2.24, 2.45) is 45.8 Å². The Hall–Kier alpha value is -2.35. The van der Waals surface area contributed by atoms with E-state index in [-0.39, 0.29) is 73.1 Å². The maximum Gasteiger partial charge on any atom is 0.160 e. The van der Waals surface area contributed by atoms with E-state index in [1.165, 1.54) is 18.2 Å². The van der Waals surface area contributed by atoms with Crippen molar-refractivity contribution in [1.82, 2.24) is 0 Å². The lowest BCUT2D eigenvalue weighted by atomic mass is 9.43. The van der Waals surface area contributed by atoms with E-state index < -0.39 is 69.8 Å².